The molecule has 3 aromatic rings. The molecule has 0 aromatic heterocycles. The molecule has 0 heterocycles. The monoisotopic (exact) mass is 412 g/mol. The number of hydrogen-bond donors (Lipinski definition) is 1. The van der Waals surface area contributed by atoms with Crippen molar-refractivity contribution in [2.75, 3.05) is 13.2 Å². The van der Waals surface area contributed by atoms with Gasteiger partial charge in [-0.3, -0.25) is 9.59 Å². The van der Waals surface area contributed by atoms with E-state index in [1.54, 1.807) is 24.3 Å². The Hall–Kier alpha value is -3.91. The number of nitrogens with zero attached hydrogens (tertiary/aromatic N) is 1. The average molecular weight is 412 g/mol. The number of nitrogens with one attached hydrogen (secondary N) is 1. The number of rotatable bonds is 8. The normalized spacial score (nSPS) is 10.2. The van der Waals surface area contributed by atoms with Crippen LogP contribution in [0.15, 0.2) is 66.7 Å². The van der Waals surface area contributed by atoms with Crippen molar-refractivity contribution in [2.24, 2.45) is 0 Å². The van der Waals surface area contributed by atoms with Crippen molar-refractivity contribution >= 4 is 11.7 Å². The van der Waals surface area contributed by atoms with E-state index in [2.05, 4.69) is 11.4 Å². The third-order valence-corrected chi connectivity index (χ3v) is 5.16. The van der Waals surface area contributed by atoms with Gasteiger partial charge in [0, 0.05) is 6.42 Å². The molecule has 0 aliphatic heterocycles. The lowest BCUT2D eigenvalue weighted by Gasteiger charge is -2.10. The zero-order valence-corrected chi connectivity index (χ0v) is 17.6. The van der Waals surface area contributed by atoms with Gasteiger partial charge in [-0.25, -0.2) is 0 Å². The molecule has 0 radical (unpaired) electrons. The number of Topliss-reactive ketones (excluding diaryl/α,β-unsaturated/α-hetero) is 1. The number of nitriles is 1. The second-order valence-corrected chi connectivity index (χ2v) is 7.35. The van der Waals surface area contributed by atoms with Crippen molar-refractivity contribution in [1.29, 1.82) is 5.26 Å². The van der Waals surface area contributed by atoms with E-state index in [0.717, 1.165) is 27.8 Å². The second kappa shape index (κ2) is 10.2. The van der Waals surface area contributed by atoms with Gasteiger partial charge < -0.3 is 10.1 Å². The molecule has 31 heavy (non-hydrogen) atoms. The Balaban J connectivity index is 1.45. The minimum absolute atomic E-state index is 0.0206. The van der Waals surface area contributed by atoms with E-state index >= 15 is 0 Å². The molecule has 0 aliphatic rings. The SMILES string of the molecule is Cc1cccc(CC(=O)CNC(=O)COc2ccc(-c3ccc(C#N)cc3)cc2)c1C. The minimum Gasteiger partial charge on any atom is -0.484 e. The Labute approximate surface area is 182 Å². The summed E-state index contributed by atoms with van der Waals surface area (Å²) in [6, 6.07) is 22.6. The molecule has 0 spiro atoms. The fourth-order valence-electron chi connectivity index (χ4n) is 3.16. The maximum absolute atomic E-state index is 12.2. The number of ketones is 1. The molecule has 0 saturated carbocycles. The Bertz CT molecular complexity index is 1110. The molecule has 0 fully saturated rings. The number of carbonyl (C=O) groups excluding carboxylic acids is 2. The van der Waals surface area contributed by atoms with Crippen molar-refractivity contribution in [3.05, 3.63) is 89.0 Å². The maximum atomic E-state index is 12.2. The Kier molecular flexibility index (Phi) is 7.18. The molecular weight excluding hydrogens is 388 g/mol. The van der Waals surface area contributed by atoms with Gasteiger partial charge in [0.25, 0.3) is 5.91 Å². The van der Waals surface area contributed by atoms with Crippen LogP contribution in [-0.2, 0) is 16.0 Å². The van der Waals surface area contributed by atoms with Crippen molar-refractivity contribution in [3.63, 3.8) is 0 Å². The van der Waals surface area contributed by atoms with E-state index in [9.17, 15) is 9.59 Å². The highest BCUT2D eigenvalue weighted by molar-refractivity contribution is 5.88. The van der Waals surface area contributed by atoms with Gasteiger partial charge in [0.15, 0.2) is 12.4 Å². The third kappa shape index (κ3) is 6.03. The van der Waals surface area contributed by atoms with Crippen LogP contribution < -0.4 is 10.1 Å². The van der Waals surface area contributed by atoms with Crippen LogP contribution in [0.2, 0.25) is 0 Å². The van der Waals surface area contributed by atoms with Crippen molar-refractivity contribution in [2.45, 2.75) is 20.3 Å². The first-order chi connectivity index (χ1) is 15.0. The molecule has 0 aliphatic carbocycles. The van der Waals surface area contributed by atoms with E-state index in [4.69, 9.17) is 10.00 Å². The Morgan fingerprint density at radius 1 is 0.935 bits per heavy atom. The Morgan fingerprint density at radius 3 is 2.23 bits per heavy atom. The van der Waals surface area contributed by atoms with E-state index in [-0.39, 0.29) is 24.8 Å². The van der Waals surface area contributed by atoms with Gasteiger partial charge in [-0.2, -0.15) is 5.26 Å². The molecule has 156 valence electrons. The largest absolute Gasteiger partial charge is 0.484 e. The fourth-order valence-corrected chi connectivity index (χ4v) is 3.16. The van der Waals surface area contributed by atoms with Gasteiger partial charge in [0.05, 0.1) is 18.2 Å². The topological polar surface area (TPSA) is 79.2 Å². The molecule has 1 N–H and O–H groups in total. The average Bonchev–Trinajstić information content (AvgIpc) is 2.80. The number of ether oxygens (including phenoxy) is 1. The third-order valence-electron chi connectivity index (χ3n) is 5.16. The molecule has 0 bridgehead atoms. The molecular formula is C26H24N2O3. The summed E-state index contributed by atoms with van der Waals surface area (Å²) in [5, 5.41) is 11.5. The van der Waals surface area contributed by atoms with Crippen molar-refractivity contribution in [1.82, 2.24) is 5.32 Å². The van der Waals surface area contributed by atoms with Crippen LogP contribution in [0.1, 0.15) is 22.3 Å². The molecule has 0 saturated heterocycles. The minimum atomic E-state index is -0.342. The maximum Gasteiger partial charge on any atom is 0.258 e. The lowest BCUT2D eigenvalue weighted by atomic mass is 9.99. The van der Waals surface area contributed by atoms with Crippen LogP contribution in [0.5, 0.6) is 5.75 Å². The van der Waals surface area contributed by atoms with Crippen LogP contribution in [0.4, 0.5) is 0 Å². The van der Waals surface area contributed by atoms with Gasteiger partial charge in [-0.1, -0.05) is 42.5 Å². The molecule has 1 amide bonds. The number of aryl methyl sites for hydroxylation is 1. The van der Waals surface area contributed by atoms with Crippen LogP contribution >= 0.6 is 0 Å². The molecule has 0 atom stereocenters. The summed E-state index contributed by atoms with van der Waals surface area (Å²) in [4.78, 5) is 24.2. The summed E-state index contributed by atoms with van der Waals surface area (Å²) in [5.41, 5.74) is 5.83. The molecule has 5 heteroatoms. The van der Waals surface area contributed by atoms with Gasteiger partial charge in [0.2, 0.25) is 0 Å². The van der Waals surface area contributed by atoms with E-state index in [0.29, 0.717) is 17.7 Å². The second-order valence-electron chi connectivity index (χ2n) is 7.35. The first kappa shape index (κ1) is 21.8. The van der Waals surface area contributed by atoms with Gasteiger partial charge >= 0.3 is 0 Å². The van der Waals surface area contributed by atoms with Crippen LogP contribution in [-0.4, -0.2) is 24.8 Å². The summed E-state index contributed by atoms with van der Waals surface area (Å²) in [7, 11) is 0. The van der Waals surface area contributed by atoms with Crippen LogP contribution in [0.25, 0.3) is 11.1 Å². The standard InChI is InChI=1S/C26H24N2O3/c1-18-4-3-5-23(19(18)2)14-24(29)16-28-26(30)17-31-25-12-10-22(11-13-25)21-8-6-20(15-27)7-9-21/h3-13H,14,16-17H2,1-2H3,(H,28,30). The smallest absolute Gasteiger partial charge is 0.258 e. The highest BCUT2D eigenvalue weighted by Gasteiger charge is 2.10. The van der Waals surface area contributed by atoms with Crippen LogP contribution in [0.3, 0.4) is 0 Å². The molecule has 3 aromatic carbocycles. The molecule has 3 rings (SSSR count). The predicted octanol–water partition coefficient (Wildman–Crippen LogP) is 4.15. The van der Waals surface area contributed by atoms with Gasteiger partial charge in [0.1, 0.15) is 5.75 Å². The quantitative estimate of drug-likeness (QED) is 0.603. The van der Waals surface area contributed by atoms with Crippen LogP contribution in [0, 0.1) is 25.2 Å². The Morgan fingerprint density at radius 2 is 1.58 bits per heavy atom. The fraction of sp³-hybridized carbons (Fsp3) is 0.192. The first-order valence-electron chi connectivity index (χ1n) is 10.0. The highest BCUT2D eigenvalue weighted by Crippen LogP contribution is 2.22. The number of amides is 1. The van der Waals surface area contributed by atoms with Gasteiger partial charge in [-0.05, 0) is 65.9 Å². The number of benzene rings is 3. The first-order valence-corrected chi connectivity index (χ1v) is 10.0. The highest BCUT2D eigenvalue weighted by atomic mass is 16.5. The summed E-state index contributed by atoms with van der Waals surface area (Å²) in [6.07, 6.45) is 0.297. The van der Waals surface area contributed by atoms with E-state index < -0.39 is 0 Å². The number of hydrogen-bond acceptors (Lipinski definition) is 4. The summed E-state index contributed by atoms with van der Waals surface area (Å²) in [6.45, 7) is 3.83. The lowest BCUT2D eigenvalue weighted by Crippen LogP contribution is -2.34. The number of carbonyl (C=O) groups is 2. The van der Waals surface area contributed by atoms with Gasteiger partial charge in [-0.15, -0.1) is 0 Å². The summed E-state index contributed by atoms with van der Waals surface area (Å²) < 4.78 is 5.51. The summed E-state index contributed by atoms with van der Waals surface area (Å²) in [5.74, 6) is 0.175. The molecule has 5 nitrogen and oxygen atoms in total. The predicted molar refractivity (Wildman–Crippen MR) is 120 cm³/mol. The van der Waals surface area contributed by atoms with E-state index in [1.165, 1.54) is 0 Å². The molecule has 0 unspecified atom stereocenters. The summed E-state index contributed by atoms with van der Waals surface area (Å²) >= 11 is 0. The zero-order valence-electron chi connectivity index (χ0n) is 17.6. The van der Waals surface area contributed by atoms with Crippen molar-refractivity contribution in [3.8, 4) is 22.9 Å². The zero-order chi connectivity index (χ0) is 22.2. The van der Waals surface area contributed by atoms with Crippen molar-refractivity contribution < 1.29 is 14.3 Å². The van der Waals surface area contributed by atoms with E-state index in [1.807, 2.05) is 56.3 Å². The lowest BCUT2D eigenvalue weighted by molar-refractivity contribution is -0.126.